The van der Waals surface area contributed by atoms with Gasteiger partial charge in [-0.25, -0.2) is 8.78 Å². The fourth-order valence-electron chi connectivity index (χ4n) is 3.52. The van der Waals surface area contributed by atoms with Gasteiger partial charge in [0.15, 0.2) is 0 Å². The van der Waals surface area contributed by atoms with Gasteiger partial charge in [-0.05, 0) is 37.1 Å². The van der Waals surface area contributed by atoms with Gasteiger partial charge in [0.2, 0.25) is 5.91 Å². The number of nitrogens with one attached hydrogen (secondary N) is 1. The van der Waals surface area contributed by atoms with Crippen LogP contribution in [0.1, 0.15) is 46.6 Å². The quantitative estimate of drug-likeness (QED) is 0.524. The van der Waals surface area contributed by atoms with Crippen molar-refractivity contribution in [3.05, 3.63) is 57.9 Å². The number of carbonyl (C=O) groups is 2. The normalized spacial score (nSPS) is 13.9. The molecule has 7 nitrogen and oxygen atoms in total. The molecule has 0 spiro atoms. The molecule has 1 aromatic heterocycles. The molecule has 0 bridgehead atoms. The summed E-state index contributed by atoms with van der Waals surface area (Å²) in [5.41, 5.74) is 2.44. The predicted molar refractivity (Wildman–Crippen MR) is 114 cm³/mol. The third-order valence-corrected chi connectivity index (χ3v) is 5.52. The van der Waals surface area contributed by atoms with Crippen molar-refractivity contribution in [2.45, 2.75) is 38.8 Å². The Labute approximate surface area is 189 Å². The van der Waals surface area contributed by atoms with E-state index in [2.05, 4.69) is 10.3 Å². The van der Waals surface area contributed by atoms with Crippen LogP contribution in [0.5, 0.6) is 5.75 Å². The summed E-state index contributed by atoms with van der Waals surface area (Å²) in [6.45, 7) is 1.72. The maximum Gasteiger partial charge on any atom is 0.272 e. The molecule has 1 aliphatic heterocycles. The number of nitrogens with zero attached hydrogens (tertiary/aromatic N) is 2. The van der Waals surface area contributed by atoms with E-state index in [1.54, 1.807) is 23.1 Å². The molecule has 0 fully saturated rings. The smallest absolute Gasteiger partial charge is 0.272 e. The average Bonchev–Trinajstić information content (AvgIpc) is 3.10. The van der Waals surface area contributed by atoms with Crippen molar-refractivity contribution in [2.24, 2.45) is 0 Å². The Morgan fingerprint density at radius 1 is 1.38 bits per heavy atom. The number of amides is 2. The highest BCUT2D eigenvalue weighted by Crippen LogP contribution is 2.35. The zero-order valence-corrected chi connectivity index (χ0v) is 18.2. The van der Waals surface area contributed by atoms with Crippen LogP contribution in [0.25, 0.3) is 0 Å². The molecular formula is C22H24ClF2N3O4. The second-order valence-electron chi connectivity index (χ2n) is 7.39. The molecule has 32 heavy (non-hydrogen) atoms. The third kappa shape index (κ3) is 5.52. The van der Waals surface area contributed by atoms with Crippen molar-refractivity contribution in [1.82, 2.24) is 15.2 Å². The van der Waals surface area contributed by atoms with Gasteiger partial charge in [-0.1, -0.05) is 17.7 Å². The van der Waals surface area contributed by atoms with E-state index in [-0.39, 0.29) is 48.2 Å². The molecule has 0 aliphatic carbocycles. The lowest BCUT2D eigenvalue weighted by molar-refractivity contribution is -0.120. The molecule has 3 rings (SSSR count). The van der Waals surface area contributed by atoms with Gasteiger partial charge in [0.25, 0.3) is 12.3 Å². The van der Waals surface area contributed by atoms with Crippen LogP contribution in [0.15, 0.2) is 30.5 Å². The van der Waals surface area contributed by atoms with E-state index in [0.717, 1.165) is 5.56 Å². The van der Waals surface area contributed by atoms with Gasteiger partial charge in [0, 0.05) is 37.0 Å². The lowest BCUT2D eigenvalue weighted by atomic mass is 10.1. The van der Waals surface area contributed by atoms with E-state index in [1.165, 1.54) is 12.3 Å². The van der Waals surface area contributed by atoms with Crippen LogP contribution in [0.3, 0.4) is 0 Å². The molecule has 0 saturated heterocycles. The van der Waals surface area contributed by atoms with Crippen molar-refractivity contribution in [1.29, 1.82) is 0 Å². The van der Waals surface area contributed by atoms with E-state index in [4.69, 9.17) is 21.4 Å². The first-order chi connectivity index (χ1) is 15.3. The molecule has 0 saturated carbocycles. The number of halogens is 3. The molecule has 10 heteroatoms. The van der Waals surface area contributed by atoms with Crippen LogP contribution < -0.4 is 10.1 Å². The average molecular weight is 468 g/mol. The van der Waals surface area contributed by atoms with Gasteiger partial charge in [0.1, 0.15) is 12.4 Å². The van der Waals surface area contributed by atoms with E-state index < -0.39 is 13.0 Å². The minimum Gasteiger partial charge on any atom is -0.486 e. The molecular weight excluding hydrogens is 444 g/mol. The van der Waals surface area contributed by atoms with Crippen molar-refractivity contribution < 1.29 is 28.2 Å². The van der Waals surface area contributed by atoms with Crippen LogP contribution >= 0.6 is 11.6 Å². The molecule has 1 aromatic carbocycles. The number of fused-ring (bicyclic) bond motifs is 1. The minimum absolute atomic E-state index is 0.00996. The largest absolute Gasteiger partial charge is 0.486 e. The SMILES string of the molecule is CC(c1ccc(OCC(F)F)c(Cl)c1)N1Cc2c(ccnc2CC(=O)NCCCO)C1=O. The molecule has 172 valence electrons. The topological polar surface area (TPSA) is 91.8 Å². The van der Waals surface area contributed by atoms with Crippen molar-refractivity contribution in [3.63, 3.8) is 0 Å². The lowest BCUT2D eigenvalue weighted by Gasteiger charge is -2.25. The summed E-state index contributed by atoms with van der Waals surface area (Å²) in [6.07, 6.45) is -0.603. The number of alkyl halides is 2. The molecule has 2 heterocycles. The Morgan fingerprint density at radius 2 is 2.16 bits per heavy atom. The first kappa shape index (κ1) is 23.9. The number of hydrogen-bond acceptors (Lipinski definition) is 5. The highest BCUT2D eigenvalue weighted by atomic mass is 35.5. The highest BCUT2D eigenvalue weighted by molar-refractivity contribution is 6.32. The fourth-order valence-corrected chi connectivity index (χ4v) is 3.77. The van der Waals surface area contributed by atoms with Crippen LogP contribution in [-0.4, -0.2) is 53.0 Å². The Morgan fingerprint density at radius 3 is 2.84 bits per heavy atom. The number of aliphatic hydroxyl groups is 1. The van der Waals surface area contributed by atoms with Gasteiger partial charge in [-0.15, -0.1) is 0 Å². The van der Waals surface area contributed by atoms with Crippen molar-refractivity contribution >= 4 is 23.4 Å². The van der Waals surface area contributed by atoms with Crippen molar-refractivity contribution in [2.75, 3.05) is 19.8 Å². The number of aliphatic hydroxyl groups excluding tert-OH is 1. The number of benzene rings is 1. The first-order valence-electron chi connectivity index (χ1n) is 10.2. The van der Waals surface area contributed by atoms with Gasteiger partial charge in [-0.3, -0.25) is 14.6 Å². The fraction of sp³-hybridized carbons (Fsp3) is 0.409. The second kappa shape index (κ2) is 10.7. The van der Waals surface area contributed by atoms with Crippen LogP contribution in [0.2, 0.25) is 5.02 Å². The summed E-state index contributed by atoms with van der Waals surface area (Å²) in [5.74, 6) is -0.270. The van der Waals surface area contributed by atoms with Gasteiger partial charge < -0.3 is 20.1 Å². The molecule has 1 aliphatic rings. The summed E-state index contributed by atoms with van der Waals surface area (Å²) >= 11 is 6.18. The number of pyridine rings is 1. The van der Waals surface area contributed by atoms with Crippen LogP contribution in [0.4, 0.5) is 8.78 Å². The van der Waals surface area contributed by atoms with Gasteiger partial charge in [-0.2, -0.15) is 0 Å². The summed E-state index contributed by atoms with van der Waals surface area (Å²) in [7, 11) is 0. The summed E-state index contributed by atoms with van der Waals surface area (Å²) in [5, 5.41) is 11.7. The Kier molecular flexibility index (Phi) is 7.98. The Bertz CT molecular complexity index is 990. The van der Waals surface area contributed by atoms with Gasteiger partial charge in [0.05, 0.1) is 23.2 Å². The summed E-state index contributed by atoms with van der Waals surface area (Å²) in [4.78, 5) is 31.1. The Hall–Kier alpha value is -2.78. The lowest BCUT2D eigenvalue weighted by Crippen LogP contribution is -2.28. The predicted octanol–water partition coefficient (Wildman–Crippen LogP) is 3.14. The number of rotatable bonds is 10. The van der Waals surface area contributed by atoms with Gasteiger partial charge >= 0.3 is 0 Å². The monoisotopic (exact) mass is 467 g/mol. The number of ether oxygens (including phenoxy) is 1. The molecule has 1 atom stereocenters. The summed E-state index contributed by atoms with van der Waals surface area (Å²) in [6, 6.07) is 6.06. The van der Waals surface area contributed by atoms with Crippen LogP contribution in [-0.2, 0) is 17.8 Å². The van der Waals surface area contributed by atoms with E-state index in [1.807, 2.05) is 6.92 Å². The summed E-state index contributed by atoms with van der Waals surface area (Å²) < 4.78 is 29.7. The second-order valence-corrected chi connectivity index (χ2v) is 7.80. The number of hydrogen-bond donors (Lipinski definition) is 2. The molecule has 0 radical (unpaired) electrons. The molecule has 2 aromatic rings. The maximum atomic E-state index is 13.0. The Balaban J connectivity index is 1.73. The van der Waals surface area contributed by atoms with E-state index in [0.29, 0.717) is 29.8 Å². The maximum absolute atomic E-state index is 13.0. The zero-order chi connectivity index (χ0) is 23.3. The molecule has 1 unspecified atom stereocenters. The van der Waals surface area contributed by atoms with E-state index in [9.17, 15) is 18.4 Å². The van der Waals surface area contributed by atoms with Crippen LogP contribution in [0, 0.1) is 0 Å². The molecule has 2 N–H and O–H groups in total. The van der Waals surface area contributed by atoms with E-state index >= 15 is 0 Å². The number of carbonyl (C=O) groups excluding carboxylic acids is 2. The standard InChI is InChI=1S/C22H24ClF2N3O4/c1-13(14-3-4-19(17(23)9-14)32-12-20(24)25)28-11-16-15(22(28)31)5-7-26-18(16)10-21(30)27-6-2-8-29/h3-5,7,9,13,20,29H,2,6,8,10-12H2,1H3,(H,27,30). The first-order valence-corrected chi connectivity index (χ1v) is 10.5. The number of aromatic nitrogens is 1. The minimum atomic E-state index is -2.61. The highest BCUT2D eigenvalue weighted by Gasteiger charge is 2.34. The zero-order valence-electron chi connectivity index (χ0n) is 17.5. The third-order valence-electron chi connectivity index (χ3n) is 5.22. The van der Waals surface area contributed by atoms with Crippen molar-refractivity contribution in [3.8, 4) is 5.75 Å². The molecule has 2 amide bonds.